The van der Waals surface area contributed by atoms with Crippen LogP contribution >= 0.6 is 31.9 Å². The maximum absolute atomic E-state index is 9.96. The number of rotatable bonds is 4. The van der Waals surface area contributed by atoms with E-state index in [1.54, 1.807) is 36.7 Å². The van der Waals surface area contributed by atoms with E-state index in [0.717, 1.165) is 8.95 Å². The van der Waals surface area contributed by atoms with Gasteiger partial charge in [0.05, 0.1) is 11.4 Å². The van der Waals surface area contributed by atoms with Gasteiger partial charge in [0.15, 0.2) is 0 Å². The first-order valence-electron chi connectivity index (χ1n) is 7.67. The summed E-state index contributed by atoms with van der Waals surface area (Å²) in [5, 5.41) is 19.9. The van der Waals surface area contributed by atoms with Gasteiger partial charge in [0.1, 0.15) is 11.5 Å². The Labute approximate surface area is 188 Å². The Kier molecular flexibility index (Phi) is 7.96. The van der Waals surface area contributed by atoms with Crippen LogP contribution in [0.15, 0.2) is 79.6 Å². The van der Waals surface area contributed by atoms with E-state index in [1.807, 2.05) is 36.4 Å². The molecule has 0 fully saturated rings. The number of nitrogens with zero attached hydrogens (tertiary/aromatic N) is 2. The third-order valence-electron chi connectivity index (χ3n) is 3.55. The second kappa shape index (κ2) is 9.97. The molecule has 7 heteroatoms. The van der Waals surface area contributed by atoms with Crippen LogP contribution in [0, 0.1) is 0 Å². The van der Waals surface area contributed by atoms with Gasteiger partial charge in [-0.1, -0.05) is 44.0 Å². The maximum Gasteiger partial charge on any atom is 0.125 e. The van der Waals surface area contributed by atoms with Crippen molar-refractivity contribution in [1.82, 2.24) is 0 Å². The molecule has 2 N–H and O–H groups in total. The molecule has 0 saturated heterocycles. The summed E-state index contributed by atoms with van der Waals surface area (Å²) < 4.78 is 1.60. The van der Waals surface area contributed by atoms with E-state index in [1.165, 1.54) is 0 Å². The fourth-order valence-corrected chi connectivity index (χ4v) is 2.91. The average Bonchev–Trinajstić information content (AvgIpc) is 2.61. The summed E-state index contributed by atoms with van der Waals surface area (Å²) in [7, 11) is 0. The number of phenols is 2. The molecule has 0 saturated carbocycles. The zero-order valence-electron chi connectivity index (χ0n) is 13.8. The van der Waals surface area contributed by atoms with Crippen LogP contribution in [0.4, 0.5) is 11.4 Å². The molecule has 0 aromatic heterocycles. The quantitative estimate of drug-likeness (QED) is 0.329. The topological polar surface area (TPSA) is 65.2 Å². The van der Waals surface area contributed by atoms with E-state index in [-0.39, 0.29) is 32.6 Å². The number of hydrogen-bond donors (Lipinski definition) is 2. The van der Waals surface area contributed by atoms with E-state index < -0.39 is 0 Å². The van der Waals surface area contributed by atoms with E-state index >= 15 is 0 Å². The standard InChI is InChI=1S/C20H14Br2N2O2.Pt/c21-15-7-5-13(19(25)9-15)11-23-17-3-1-2-4-18(17)24-12-14-6-8-16(22)10-20(14)26;/h1-12,25-26H;. The Balaban J connectivity index is 0.00000261. The van der Waals surface area contributed by atoms with Crippen LogP contribution < -0.4 is 0 Å². The van der Waals surface area contributed by atoms with Gasteiger partial charge in [0, 0.05) is 53.6 Å². The zero-order chi connectivity index (χ0) is 18.5. The summed E-state index contributed by atoms with van der Waals surface area (Å²) in [4.78, 5) is 8.86. The SMILES string of the molecule is Oc1cc(Br)ccc1C=Nc1ccccc1N=Cc1ccc(Br)cc1O.[Pt]. The number of benzene rings is 3. The minimum Gasteiger partial charge on any atom is -0.507 e. The molecule has 0 aliphatic rings. The summed E-state index contributed by atoms with van der Waals surface area (Å²) in [5.74, 6) is 0.285. The molecule has 0 amide bonds. The van der Waals surface area contributed by atoms with Crippen molar-refractivity contribution in [1.29, 1.82) is 0 Å². The Hall–Kier alpha value is -1.75. The van der Waals surface area contributed by atoms with E-state index in [0.29, 0.717) is 22.5 Å². The summed E-state index contributed by atoms with van der Waals surface area (Å²) in [6.45, 7) is 0. The molecule has 0 aliphatic carbocycles. The Morgan fingerprint density at radius 1 is 0.667 bits per heavy atom. The van der Waals surface area contributed by atoms with Crippen LogP contribution in [0.1, 0.15) is 11.1 Å². The van der Waals surface area contributed by atoms with E-state index in [2.05, 4.69) is 41.8 Å². The average molecular weight is 669 g/mol. The van der Waals surface area contributed by atoms with Crippen molar-refractivity contribution in [3.8, 4) is 11.5 Å². The largest absolute Gasteiger partial charge is 0.507 e. The molecule has 0 heterocycles. The molecule has 0 bridgehead atoms. The Morgan fingerprint density at radius 3 is 1.44 bits per heavy atom. The Bertz CT molecular complexity index is 927. The number of aliphatic imine (C=N–C) groups is 2. The smallest absolute Gasteiger partial charge is 0.125 e. The first-order valence-corrected chi connectivity index (χ1v) is 9.26. The Morgan fingerprint density at radius 2 is 1.07 bits per heavy atom. The van der Waals surface area contributed by atoms with Gasteiger partial charge >= 0.3 is 0 Å². The van der Waals surface area contributed by atoms with E-state index in [9.17, 15) is 10.2 Å². The molecule has 4 nitrogen and oxygen atoms in total. The maximum atomic E-state index is 9.96. The summed E-state index contributed by atoms with van der Waals surface area (Å²) in [6.07, 6.45) is 3.18. The fourth-order valence-electron chi connectivity index (χ4n) is 2.21. The molecule has 0 atom stereocenters. The molecule has 3 aromatic carbocycles. The number of aromatic hydroxyl groups is 2. The number of hydrogen-bond acceptors (Lipinski definition) is 4. The summed E-state index contributed by atoms with van der Waals surface area (Å²) >= 11 is 6.62. The molecule has 3 aromatic rings. The van der Waals surface area contributed by atoms with Crippen molar-refractivity contribution in [2.75, 3.05) is 0 Å². The monoisotopic (exact) mass is 667 g/mol. The van der Waals surface area contributed by atoms with Crippen LogP contribution in [-0.2, 0) is 21.1 Å². The molecule has 27 heavy (non-hydrogen) atoms. The predicted molar refractivity (Wildman–Crippen MR) is 113 cm³/mol. The number of halogens is 2. The minimum absolute atomic E-state index is 0. The molecular formula is C20H14Br2N2O2Pt. The first-order chi connectivity index (χ1) is 12.5. The summed E-state index contributed by atoms with van der Waals surface area (Å²) in [5.41, 5.74) is 2.53. The van der Waals surface area contributed by atoms with Crippen molar-refractivity contribution in [2.45, 2.75) is 0 Å². The van der Waals surface area contributed by atoms with Gasteiger partial charge in [0.2, 0.25) is 0 Å². The predicted octanol–water partition coefficient (Wildman–Crippen LogP) is 6.12. The second-order valence-corrected chi connectivity index (χ2v) is 7.24. The molecule has 0 unspecified atom stereocenters. The molecule has 3 rings (SSSR count). The van der Waals surface area contributed by atoms with Crippen LogP contribution in [0.5, 0.6) is 11.5 Å². The van der Waals surface area contributed by atoms with Crippen LogP contribution in [0.25, 0.3) is 0 Å². The summed E-state index contributed by atoms with van der Waals surface area (Å²) in [6, 6.07) is 17.8. The molecule has 0 aliphatic heterocycles. The zero-order valence-corrected chi connectivity index (χ0v) is 19.2. The number of para-hydroxylation sites is 2. The minimum atomic E-state index is 0. The van der Waals surface area contributed by atoms with Crippen LogP contribution in [-0.4, -0.2) is 22.6 Å². The van der Waals surface area contributed by atoms with E-state index in [4.69, 9.17) is 0 Å². The first kappa shape index (κ1) is 21.5. The van der Waals surface area contributed by atoms with Gasteiger partial charge in [-0.2, -0.15) is 0 Å². The van der Waals surface area contributed by atoms with Crippen molar-refractivity contribution in [3.05, 3.63) is 80.7 Å². The van der Waals surface area contributed by atoms with Crippen molar-refractivity contribution in [2.24, 2.45) is 9.98 Å². The molecule has 0 spiro atoms. The van der Waals surface area contributed by atoms with Gasteiger partial charge in [-0.25, -0.2) is 0 Å². The van der Waals surface area contributed by atoms with Gasteiger partial charge in [-0.05, 0) is 48.5 Å². The second-order valence-electron chi connectivity index (χ2n) is 5.41. The normalized spacial score (nSPS) is 11.0. The molecular weight excluding hydrogens is 655 g/mol. The van der Waals surface area contributed by atoms with Crippen molar-refractivity contribution in [3.63, 3.8) is 0 Å². The molecule has 140 valence electrons. The van der Waals surface area contributed by atoms with Gasteiger partial charge < -0.3 is 10.2 Å². The van der Waals surface area contributed by atoms with Crippen molar-refractivity contribution < 1.29 is 31.3 Å². The van der Waals surface area contributed by atoms with Gasteiger partial charge in [-0.3, -0.25) is 9.98 Å². The third-order valence-corrected chi connectivity index (χ3v) is 4.54. The van der Waals surface area contributed by atoms with Crippen LogP contribution in [0.2, 0.25) is 0 Å². The van der Waals surface area contributed by atoms with Gasteiger partial charge in [-0.15, -0.1) is 0 Å². The van der Waals surface area contributed by atoms with Gasteiger partial charge in [0.25, 0.3) is 0 Å². The van der Waals surface area contributed by atoms with Crippen LogP contribution in [0.3, 0.4) is 0 Å². The van der Waals surface area contributed by atoms with Crippen molar-refractivity contribution >= 4 is 55.7 Å². The third kappa shape index (κ3) is 5.86. The number of phenolic OH excluding ortho intramolecular Hbond substituents is 2. The fraction of sp³-hybridized carbons (Fsp3) is 0. The molecule has 0 radical (unpaired) electrons.